The average Bonchev–Trinajstić information content (AvgIpc) is 2.96. The Morgan fingerprint density at radius 1 is 0.962 bits per heavy atom. The van der Waals surface area contributed by atoms with Gasteiger partial charge in [-0.2, -0.15) is 5.10 Å². The molecule has 0 aliphatic rings. The highest BCUT2D eigenvalue weighted by molar-refractivity contribution is 6.38. The number of carbonyl (C=O) groups excluding carboxylic acids is 1. The first-order chi connectivity index (χ1) is 12.5. The summed E-state index contributed by atoms with van der Waals surface area (Å²) in [6.45, 7) is 4.09. The minimum Gasteiger partial charge on any atom is -0.319 e. The number of carbonyl (C=O) groups is 1. The molecule has 0 fully saturated rings. The van der Waals surface area contributed by atoms with Crippen LogP contribution in [-0.2, 0) is 0 Å². The molecular weight excluding hydrogens is 369 g/mol. The summed E-state index contributed by atoms with van der Waals surface area (Å²) in [5.41, 5.74) is 6.84. The maximum atomic E-state index is 12.2. The predicted molar refractivity (Wildman–Crippen MR) is 107 cm³/mol. The molecule has 0 spiro atoms. The second kappa shape index (κ2) is 7.77. The van der Waals surface area contributed by atoms with Gasteiger partial charge in [0.15, 0.2) is 0 Å². The van der Waals surface area contributed by atoms with Gasteiger partial charge in [-0.1, -0.05) is 29.3 Å². The van der Waals surface area contributed by atoms with Gasteiger partial charge in [0.2, 0.25) is 0 Å². The number of aryl methyl sites for hydroxylation is 2. The minimum absolute atomic E-state index is 0.308. The molecule has 0 radical (unpaired) electrons. The van der Waals surface area contributed by atoms with Crippen LogP contribution < -0.4 is 5.43 Å². The maximum Gasteiger partial charge on any atom is 0.271 e. The van der Waals surface area contributed by atoms with Gasteiger partial charge < -0.3 is 4.57 Å². The van der Waals surface area contributed by atoms with Gasteiger partial charge in [-0.05, 0) is 62.4 Å². The summed E-state index contributed by atoms with van der Waals surface area (Å²) in [5.74, 6) is -0.308. The smallest absolute Gasteiger partial charge is 0.271 e. The van der Waals surface area contributed by atoms with Crippen LogP contribution in [-0.4, -0.2) is 16.7 Å². The number of hydrazone groups is 1. The molecule has 3 rings (SSSR count). The first kappa shape index (κ1) is 18.2. The zero-order chi connectivity index (χ0) is 18.7. The fraction of sp³-hybridized carbons (Fsp3) is 0.100. The van der Waals surface area contributed by atoms with Crippen molar-refractivity contribution in [2.75, 3.05) is 0 Å². The molecule has 4 nitrogen and oxygen atoms in total. The molecule has 6 heteroatoms. The number of rotatable bonds is 4. The SMILES string of the molecule is Cc1ccc(C)n1-c1ccc(C(=O)N/N=C/c2c(Cl)cccc2Cl)cc1. The van der Waals surface area contributed by atoms with Crippen molar-refractivity contribution in [3.63, 3.8) is 0 Å². The highest BCUT2D eigenvalue weighted by Gasteiger charge is 2.08. The van der Waals surface area contributed by atoms with E-state index in [1.807, 2.05) is 26.0 Å². The van der Waals surface area contributed by atoms with Crippen LogP contribution in [0.5, 0.6) is 0 Å². The van der Waals surface area contributed by atoms with Gasteiger partial charge in [-0.15, -0.1) is 0 Å². The minimum atomic E-state index is -0.308. The third-order valence-corrected chi connectivity index (χ3v) is 4.68. The third kappa shape index (κ3) is 3.82. The zero-order valence-electron chi connectivity index (χ0n) is 14.3. The van der Waals surface area contributed by atoms with Crippen LogP contribution in [0.15, 0.2) is 59.7 Å². The summed E-state index contributed by atoms with van der Waals surface area (Å²) in [6.07, 6.45) is 1.43. The maximum absolute atomic E-state index is 12.2. The Hall–Kier alpha value is -2.56. The van der Waals surface area contributed by atoms with Crippen molar-refractivity contribution in [1.82, 2.24) is 9.99 Å². The van der Waals surface area contributed by atoms with Gasteiger partial charge in [-0.3, -0.25) is 4.79 Å². The molecule has 0 bridgehead atoms. The van der Waals surface area contributed by atoms with Crippen molar-refractivity contribution >= 4 is 35.3 Å². The van der Waals surface area contributed by atoms with E-state index in [1.165, 1.54) is 6.21 Å². The van der Waals surface area contributed by atoms with Crippen LogP contribution in [0.2, 0.25) is 10.0 Å². The van der Waals surface area contributed by atoms with Crippen LogP contribution >= 0.6 is 23.2 Å². The normalized spacial score (nSPS) is 11.1. The second-order valence-electron chi connectivity index (χ2n) is 5.83. The molecule has 0 aliphatic heterocycles. The largest absolute Gasteiger partial charge is 0.319 e. The van der Waals surface area contributed by atoms with E-state index < -0.39 is 0 Å². The number of aromatic nitrogens is 1. The van der Waals surface area contributed by atoms with Gasteiger partial charge in [0.25, 0.3) is 5.91 Å². The van der Waals surface area contributed by atoms with Gasteiger partial charge in [-0.25, -0.2) is 5.43 Å². The van der Waals surface area contributed by atoms with Crippen LogP contribution in [0, 0.1) is 13.8 Å². The molecule has 3 aromatic rings. The number of hydrogen-bond acceptors (Lipinski definition) is 2. The summed E-state index contributed by atoms with van der Waals surface area (Å²) >= 11 is 12.1. The molecule has 0 saturated heterocycles. The fourth-order valence-electron chi connectivity index (χ4n) is 2.69. The van der Waals surface area contributed by atoms with Crippen LogP contribution in [0.1, 0.15) is 27.3 Å². The summed E-state index contributed by atoms with van der Waals surface area (Å²) < 4.78 is 2.12. The van der Waals surface area contributed by atoms with Crippen LogP contribution in [0.3, 0.4) is 0 Å². The van der Waals surface area contributed by atoms with E-state index >= 15 is 0 Å². The summed E-state index contributed by atoms with van der Waals surface area (Å²) in [5, 5.41) is 4.88. The number of benzene rings is 2. The third-order valence-electron chi connectivity index (χ3n) is 4.02. The molecular formula is C20H17Cl2N3O. The fourth-order valence-corrected chi connectivity index (χ4v) is 3.19. The summed E-state index contributed by atoms with van der Waals surface area (Å²) in [4.78, 5) is 12.2. The first-order valence-corrected chi connectivity index (χ1v) is 8.76. The summed E-state index contributed by atoms with van der Waals surface area (Å²) in [6, 6.07) is 16.6. The van der Waals surface area contributed by atoms with Crippen molar-refractivity contribution in [3.8, 4) is 5.69 Å². The number of halogens is 2. The zero-order valence-corrected chi connectivity index (χ0v) is 15.8. The molecule has 2 aromatic carbocycles. The lowest BCUT2D eigenvalue weighted by atomic mass is 10.2. The van der Waals surface area contributed by atoms with Crippen molar-refractivity contribution < 1.29 is 4.79 Å². The topological polar surface area (TPSA) is 46.4 Å². The van der Waals surface area contributed by atoms with Crippen molar-refractivity contribution in [2.45, 2.75) is 13.8 Å². The van der Waals surface area contributed by atoms with E-state index in [0.29, 0.717) is 21.2 Å². The first-order valence-electron chi connectivity index (χ1n) is 8.00. The average molecular weight is 386 g/mol. The summed E-state index contributed by atoms with van der Waals surface area (Å²) in [7, 11) is 0. The van der Waals surface area contributed by atoms with Gasteiger partial charge >= 0.3 is 0 Å². The van der Waals surface area contributed by atoms with E-state index in [1.54, 1.807) is 30.3 Å². The lowest BCUT2D eigenvalue weighted by molar-refractivity contribution is 0.0955. The number of nitrogens with zero attached hydrogens (tertiary/aromatic N) is 2. The molecule has 0 unspecified atom stereocenters. The van der Waals surface area contributed by atoms with Gasteiger partial charge in [0.05, 0.1) is 16.3 Å². The molecule has 0 aliphatic carbocycles. The molecule has 0 saturated carbocycles. The van der Waals surface area contributed by atoms with E-state index in [4.69, 9.17) is 23.2 Å². The van der Waals surface area contributed by atoms with Gasteiger partial charge in [0.1, 0.15) is 0 Å². The Labute approximate surface area is 162 Å². The number of hydrogen-bond donors (Lipinski definition) is 1. The highest BCUT2D eigenvalue weighted by Crippen LogP contribution is 2.22. The lowest BCUT2D eigenvalue weighted by Gasteiger charge is -2.10. The van der Waals surface area contributed by atoms with E-state index in [-0.39, 0.29) is 5.91 Å². The Morgan fingerprint density at radius 3 is 2.12 bits per heavy atom. The molecule has 132 valence electrons. The molecule has 26 heavy (non-hydrogen) atoms. The van der Waals surface area contributed by atoms with E-state index in [0.717, 1.165) is 17.1 Å². The number of amides is 1. The van der Waals surface area contributed by atoms with Crippen molar-refractivity contribution in [1.29, 1.82) is 0 Å². The molecule has 1 heterocycles. The standard InChI is InChI=1S/C20H17Cl2N3O/c1-13-6-7-14(2)25(13)16-10-8-15(9-11-16)20(26)24-23-12-17-18(21)4-3-5-19(17)22/h3-12H,1-2H3,(H,24,26)/b23-12+. The Morgan fingerprint density at radius 2 is 1.54 bits per heavy atom. The van der Waals surface area contributed by atoms with Crippen LogP contribution in [0.4, 0.5) is 0 Å². The quantitative estimate of drug-likeness (QED) is 0.488. The molecule has 1 amide bonds. The second-order valence-corrected chi connectivity index (χ2v) is 6.65. The Balaban J connectivity index is 1.72. The Kier molecular flexibility index (Phi) is 5.45. The molecule has 1 aromatic heterocycles. The van der Waals surface area contributed by atoms with Crippen molar-refractivity contribution in [3.05, 3.63) is 87.2 Å². The Bertz CT molecular complexity index is 935. The predicted octanol–water partition coefficient (Wildman–Crippen LogP) is 5.16. The van der Waals surface area contributed by atoms with E-state index in [2.05, 4.69) is 27.2 Å². The van der Waals surface area contributed by atoms with Crippen LogP contribution in [0.25, 0.3) is 5.69 Å². The van der Waals surface area contributed by atoms with Gasteiger partial charge in [0, 0.05) is 28.2 Å². The number of nitrogens with one attached hydrogen (secondary N) is 1. The molecule has 0 atom stereocenters. The highest BCUT2D eigenvalue weighted by atomic mass is 35.5. The van der Waals surface area contributed by atoms with E-state index in [9.17, 15) is 4.79 Å². The monoisotopic (exact) mass is 385 g/mol. The molecule has 1 N–H and O–H groups in total. The lowest BCUT2D eigenvalue weighted by Crippen LogP contribution is -2.17. The van der Waals surface area contributed by atoms with Crippen molar-refractivity contribution in [2.24, 2.45) is 5.10 Å².